The molecule has 19 heavy (non-hydrogen) atoms. The Hall–Kier alpha value is -0.210. The van der Waals surface area contributed by atoms with Crippen LogP contribution in [0.25, 0.3) is 0 Å². The number of alkyl halides is 1. The Morgan fingerprint density at radius 3 is 2.00 bits per heavy atom. The molecule has 1 unspecified atom stereocenters. The molecule has 2 aromatic rings. The second-order valence-electron chi connectivity index (χ2n) is 4.52. The van der Waals surface area contributed by atoms with Gasteiger partial charge in [0.25, 0.3) is 0 Å². The molecule has 4 heteroatoms. The van der Waals surface area contributed by atoms with Crippen molar-refractivity contribution in [1.29, 1.82) is 0 Å². The summed E-state index contributed by atoms with van der Waals surface area (Å²) in [5, 5.41) is 2.05. The largest absolute Gasteiger partial charge is 0.0843 e. The van der Waals surface area contributed by atoms with Crippen molar-refractivity contribution in [2.75, 3.05) is 0 Å². The summed E-state index contributed by atoms with van der Waals surface area (Å²) in [5.74, 6) is 0. The fraction of sp³-hybridized carbons (Fsp3) is 0.200. The van der Waals surface area contributed by atoms with Crippen molar-refractivity contribution in [2.24, 2.45) is 0 Å². The molecule has 100 valence electrons. The zero-order valence-corrected chi connectivity index (χ0v) is 14.3. The summed E-state index contributed by atoms with van der Waals surface area (Å²) in [6.45, 7) is 4.04. The highest BCUT2D eigenvalue weighted by Gasteiger charge is 2.15. The molecule has 0 aliphatic rings. The molecule has 0 radical (unpaired) electrons. The third-order valence-corrected chi connectivity index (χ3v) is 4.86. The number of benzene rings is 2. The van der Waals surface area contributed by atoms with Crippen LogP contribution in [-0.2, 0) is 0 Å². The van der Waals surface area contributed by atoms with Gasteiger partial charge in [-0.25, -0.2) is 0 Å². The minimum absolute atomic E-state index is 0.0414. The molecule has 0 aromatic heterocycles. The molecule has 0 spiro atoms. The van der Waals surface area contributed by atoms with Crippen LogP contribution in [0.4, 0.5) is 0 Å². The maximum atomic E-state index is 6.13. The molecule has 0 saturated carbocycles. The van der Waals surface area contributed by atoms with Gasteiger partial charge in [-0.15, -0.1) is 0 Å². The van der Waals surface area contributed by atoms with Crippen molar-refractivity contribution < 1.29 is 0 Å². The molecule has 0 N–H and O–H groups in total. The summed E-state index contributed by atoms with van der Waals surface area (Å²) in [4.78, 5) is 0.0414. The smallest absolute Gasteiger partial charge is 0.0648 e. The number of halogens is 4. The first-order valence-electron chi connectivity index (χ1n) is 5.75. The van der Waals surface area contributed by atoms with Gasteiger partial charge in [0.2, 0.25) is 0 Å². The molecule has 2 aromatic carbocycles. The molecule has 0 heterocycles. The predicted molar refractivity (Wildman–Crippen MR) is 88.2 cm³/mol. The van der Waals surface area contributed by atoms with E-state index in [0.29, 0.717) is 10.0 Å². The van der Waals surface area contributed by atoms with Crippen LogP contribution in [0.2, 0.25) is 15.1 Å². The van der Waals surface area contributed by atoms with E-state index in [1.54, 1.807) is 6.07 Å². The molecular weight excluding hydrogens is 366 g/mol. The third-order valence-electron chi connectivity index (χ3n) is 3.00. The minimum Gasteiger partial charge on any atom is -0.0843 e. The van der Waals surface area contributed by atoms with Crippen molar-refractivity contribution in [2.45, 2.75) is 18.7 Å². The number of aryl methyl sites for hydroxylation is 2. The summed E-state index contributed by atoms with van der Waals surface area (Å²) < 4.78 is 0. The molecule has 1 atom stereocenters. The van der Waals surface area contributed by atoms with Crippen LogP contribution < -0.4 is 0 Å². The van der Waals surface area contributed by atoms with Crippen LogP contribution >= 0.6 is 50.7 Å². The lowest BCUT2D eigenvalue weighted by Crippen LogP contribution is -1.97. The van der Waals surface area contributed by atoms with Crippen molar-refractivity contribution in [3.63, 3.8) is 0 Å². The Bertz CT molecular complexity index is 603. The van der Waals surface area contributed by atoms with Crippen molar-refractivity contribution in [3.8, 4) is 0 Å². The lowest BCUT2D eigenvalue weighted by molar-refractivity contribution is 1.13. The van der Waals surface area contributed by atoms with Crippen LogP contribution in [-0.4, -0.2) is 0 Å². The Labute approximate surface area is 136 Å². The quantitative estimate of drug-likeness (QED) is 0.507. The van der Waals surface area contributed by atoms with Gasteiger partial charge in [0, 0.05) is 15.1 Å². The summed E-state index contributed by atoms with van der Waals surface area (Å²) in [5.41, 5.74) is 4.39. The molecule has 0 aliphatic carbocycles. The SMILES string of the molecule is Cc1cc(C(Br)c2cc(Cl)cc(Cl)c2)c(C)cc1Cl. The van der Waals surface area contributed by atoms with Gasteiger partial charge in [-0.2, -0.15) is 0 Å². The van der Waals surface area contributed by atoms with Crippen molar-refractivity contribution >= 4 is 50.7 Å². The van der Waals surface area contributed by atoms with E-state index in [1.807, 2.05) is 32.0 Å². The van der Waals surface area contributed by atoms with Gasteiger partial charge in [-0.05, 0) is 60.4 Å². The fourth-order valence-corrected chi connectivity index (χ4v) is 3.50. The van der Waals surface area contributed by atoms with E-state index in [0.717, 1.165) is 21.7 Å². The van der Waals surface area contributed by atoms with Crippen molar-refractivity contribution in [1.82, 2.24) is 0 Å². The highest BCUT2D eigenvalue weighted by Crippen LogP contribution is 2.37. The Balaban J connectivity index is 2.49. The van der Waals surface area contributed by atoms with E-state index < -0.39 is 0 Å². The summed E-state index contributed by atoms with van der Waals surface area (Å²) in [7, 11) is 0. The van der Waals surface area contributed by atoms with E-state index in [9.17, 15) is 0 Å². The molecular formula is C15H12BrCl3. The van der Waals surface area contributed by atoms with Crippen LogP contribution in [0.5, 0.6) is 0 Å². The van der Waals surface area contributed by atoms with Crippen LogP contribution in [0.1, 0.15) is 27.1 Å². The highest BCUT2D eigenvalue weighted by atomic mass is 79.9. The second-order valence-corrected chi connectivity index (χ2v) is 6.72. The molecule has 0 saturated heterocycles. The first-order chi connectivity index (χ1) is 8.88. The molecule has 0 amide bonds. The van der Waals surface area contributed by atoms with Gasteiger partial charge < -0.3 is 0 Å². The van der Waals surface area contributed by atoms with Gasteiger partial charge in [0.1, 0.15) is 0 Å². The Morgan fingerprint density at radius 2 is 1.42 bits per heavy atom. The van der Waals surface area contributed by atoms with Crippen molar-refractivity contribution in [3.05, 3.63) is 67.7 Å². The second kappa shape index (κ2) is 6.05. The zero-order valence-electron chi connectivity index (χ0n) is 10.5. The highest BCUT2D eigenvalue weighted by molar-refractivity contribution is 9.09. The molecule has 0 aliphatic heterocycles. The molecule has 0 nitrogen and oxygen atoms in total. The lowest BCUT2D eigenvalue weighted by Gasteiger charge is -2.16. The summed E-state index contributed by atoms with van der Waals surface area (Å²) in [6, 6.07) is 9.62. The van der Waals surface area contributed by atoms with Crippen LogP contribution in [0.3, 0.4) is 0 Å². The maximum absolute atomic E-state index is 6.13. The van der Waals surface area contributed by atoms with E-state index in [1.165, 1.54) is 5.56 Å². The van der Waals surface area contributed by atoms with Crippen LogP contribution in [0.15, 0.2) is 30.3 Å². The van der Waals surface area contributed by atoms with Gasteiger partial charge in [-0.1, -0.05) is 56.8 Å². The third kappa shape index (κ3) is 3.46. The van der Waals surface area contributed by atoms with Gasteiger partial charge in [0.15, 0.2) is 0 Å². The lowest BCUT2D eigenvalue weighted by atomic mass is 9.98. The Kier molecular flexibility index (Phi) is 4.84. The zero-order chi connectivity index (χ0) is 14.2. The minimum atomic E-state index is 0.0414. The van der Waals surface area contributed by atoms with Gasteiger partial charge >= 0.3 is 0 Å². The molecule has 0 bridgehead atoms. The number of rotatable bonds is 2. The van der Waals surface area contributed by atoms with Gasteiger partial charge in [0.05, 0.1) is 4.83 Å². The van der Waals surface area contributed by atoms with E-state index in [-0.39, 0.29) is 4.83 Å². The Morgan fingerprint density at radius 1 is 0.842 bits per heavy atom. The topological polar surface area (TPSA) is 0 Å². The average Bonchev–Trinajstić information content (AvgIpc) is 2.31. The standard InChI is InChI=1S/C15H12BrCl3/c1-8-4-14(19)9(2)3-13(8)15(16)10-5-11(17)7-12(18)6-10/h3-7,15H,1-2H3. The van der Waals surface area contributed by atoms with E-state index in [4.69, 9.17) is 34.8 Å². The van der Waals surface area contributed by atoms with E-state index in [2.05, 4.69) is 22.0 Å². The first-order valence-corrected chi connectivity index (χ1v) is 7.80. The normalized spacial score (nSPS) is 12.5. The predicted octanol–water partition coefficient (Wildman–Crippen LogP) is 6.75. The fourth-order valence-electron chi connectivity index (χ4n) is 1.98. The van der Waals surface area contributed by atoms with E-state index >= 15 is 0 Å². The monoisotopic (exact) mass is 376 g/mol. The number of hydrogen-bond donors (Lipinski definition) is 0. The van der Waals surface area contributed by atoms with Crippen LogP contribution in [0, 0.1) is 13.8 Å². The molecule has 0 fully saturated rings. The summed E-state index contributed by atoms with van der Waals surface area (Å²) in [6.07, 6.45) is 0. The first kappa shape index (κ1) is 15.2. The summed E-state index contributed by atoms with van der Waals surface area (Å²) >= 11 is 21.9. The maximum Gasteiger partial charge on any atom is 0.0648 e. The van der Waals surface area contributed by atoms with Gasteiger partial charge in [-0.3, -0.25) is 0 Å². The number of hydrogen-bond acceptors (Lipinski definition) is 0. The average molecular weight is 379 g/mol. The molecule has 2 rings (SSSR count).